The number of hydrogen-bond donors (Lipinski definition) is 1. The molecule has 5 nitrogen and oxygen atoms in total. The Morgan fingerprint density at radius 3 is 2.78 bits per heavy atom. The van der Waals surface area contributed by atoms with Crippen LogP contribution in [0.25, 0.3) is 5.69 Å². The Kier molecular flexibility index (Phi) is 5.81. The summed E-state index contributed by atoms with van der Waals surface area (Å²) in [6, 6.07) is 13.1. The van der Waals surface area contributed by atoms with Gasteiger partial charge < -0.3 is 10.1 Å². The molecule has 0 saturated carbocycles. The minimum absolute atomic E-state index is 0.231. The highest BCUT2D eigenvalue weighted by Crippen LogP contribution is 2.27. The van der Waals surface area contributed by atoms with Crippen molar-refractivity contribution < 1.29 is 9.53 Å². The van der Waals surface area contributed by atoms with Crippen LogP contribution in [0.5, 0.6) is 5.75 Å². The number of nitrogens with one attached hydrogen (secondary N) is 1. The third kappa shape index (κ3) is 4.31. The summed E-state index contributed by atoms with van der Waals surface area (Å²) in [6.07, 6.45) is 2.46. The van der Waals surface area contributed by atoms with Crippen molar-refractivity contribution in [1.82, 2.24) is 9.78 Å². The molecule has 0 atom stereocenters. The molecular formula is C21H22ClN3O2. The molecule has 0 radical (unpaired) electrons. The standard InChI is InChI=1S/C21H22ClN3O2/c1-4-10-27-20-11-14(2)8-9-19(20)24-21(26)18-13-23-25(15(18)3)17-7-5-6-16(22)12-17/h5-9,11-13H,4,10H2,1-3H3,(H,24,26). The zero-order chi connectivity index (χ0) is 19.4. The Morgan fingerprint density at radius 2 is 2.04 bits per heavy atom. The van der Waals surface area contributed by atoms with Crippen LogP contribution in [0, 0.1) is 13.8 Å². The van der Waals surface area contributed by atoms with Gasteiger partial charge in [-0.1, -0.05) is 30.7 Å². The van der Waals surface area contributed by atoms with Crippen molar-refractivity contribution >= 4 is 23.2 Å². The van der Waals surface area contributed by atoms with Gasteiger partial charge in [0.2, 0.25) is 0 Å². The van der Waals surface area contributed by atoms with Gasteiger partial charge in [-0.05, 0) is 56.2 Å². The van der Waals surface area contributed by atoms with Crippen molar-refractivity contribution in [3.8, 4) is 11.4 Å². The summed E-state index contributed by atoms with van der Waals surface area (Å²) in [5.41, 5.74) is 3.76. The highest BCUT2D eigenvalue weighted by atomic mass is 35.5. The van der Waals surface area contributed by atoms with E-state index >= 15 is 0 Å². The minimum atomic E-state index is -0.231. The number of ether oxygens (including phenoxy) is 1. The molecule has 3 aromatic rings. The van der Waals surface area contributed by atoms with Crippen LogP contribution in [-0.4, -0.2) is 22.3 Å². The normalized spacial score (nSPS) is 10.7. The zero-order valence-corrected chi connectivity index (χ0v) is 16.4. The minimum Gasteiger partial charge on any atom is -0.491 e. The van der Waals surface area contributed by atoms with Gasteiger partial charge in [0.1, 0.15) is 5.75 Å². The largest absolute Gasteiger partial charge is 0.491 e. The molecule has 1 amide bonds. The van der Waals surface area contributed by atoms with Crippen molar-refractivity contribution in [3.63, 3.8) is 0 Å². The van der Waals surface area contributed by atoms with Gasteiger partial charge >= 0.3 is 0 Å². The lowest BCUT2D eigenvalue weighted by Crippen LogP contribution is -2.14. The molecule has 0 fully saturated rings. The number of carbonyl (C=O) groups excluding carboxylic acids is 1. The SMILES string of the molecule is CCCOc1cc(C)ccc1NC(=O)c1cnn(-c2cccc(Cl)c2)c1C. The van der Waals surface area contributed by atoms with Crippen LogP contribution in [0.3, 0.4) is 0 Å². The summed E-state index contributed by atoms with van der Waals surface area (Å²) in [4.78, 5) is 12.8. The number of halogens is 1. The fourth-order valence-electron chi connectivity index (χ4n) is 2.75. The summed E-state index contributed by atoms with van der Waals surface area (Å²) in [5, 5.41) is 7.89. The molecule has 3 rings (SSSR count). The van der Waals surface area contributed by atoms with E-state index in [1.807, 2.05) is 51.1 Å². The van der Waals surface area contributed by atoms with Gasteiger partial charge in [-0.25, -0.2) is 4.68 Å². The number of anilines is 1. The van der Waals surface area contributed by atoms with Crippen LogP contribution in [-0.2, 0) is 0 Å². The quantitative estimate of drug-likeness (QED) is 0.637. The van der Waals surface area contributed by atoms with Crippen molar-refractivity contribution in [1.29, 1.82) is 0 Å². The summed E-state index contributed by atoms with van der Waals surface area (Å²) >= 11 is 6.06. The van der Waals surface area contributed by atoms with E-state index in [0.29, 0.717) is 28.6 Å². The molecule has 6 heteroatoms. The summed E-state index contributed by atoms with van der Waals surface area (Å²) in [6.45, 7) is 6.48. The lowest BCUT2D eigenvalue weighted by atomic mass is 10.2. The zero-order valence-electron chi connectivity index (χ0n) is 15.6. The molecule has 1 N–H and O–H groups in total. The topological polar surface area (TPSA) is 56.1 Å². The lowest BCUT2D eigenvalue weighted by molar-refractivity contribution is 0.102. The first-order chi connectivity index (χ1) is 13.0. The van der Waals surface area contributed by atoms with E-state index in [9.17, 15) is 4.79 Å². The monoisotopic (exact) mass is 383 g/mol. The third-order valence-electron chi connectivity index (χ3n) is 4.15. The van der Waals surface area contributed by atoms with Gasteiger partial charge in [0, 0.05) is 5.02 Å². The molecule has 0 aliphatic rings. The first-order valence-corrected chi connectivity index (χ1v) is 9.22. The number of hydrogen-bond acceptors (Lipinski definition) is 3. The van der Waals surface area contributed by atoms with E-state index in [-0.39, 0.29) is 5.91 Å². The number of rotatable bonds is 6. The van der Waals surface area contributed by atoms with Crippen molar-refractivity contribution in [2.24, 2.45) is 0 Å². The Bertz CT molecular complexity index is 966. The number of aromatic nitrogens is 2. The Hall–Kier alpha value is -2.79. The fourth-order valence-corrected chi connectivity index (χ4v) is 2.94. The maximum Gasteiger partial charge on any atom is 0.259 e. The van der Waals surface area contributed by atoms with E-state index in [0.717, 1.165) is 23.4 Å². The van der Waals surface area contributed by atoms with Crippen LogP contribution >= 0.6 is 11.6 Å². The Labute approximate surface area is 163 Å². The number of carbonyl (C=O) groups is 1. The Balaban J connectivity index is 1.86. The van der Waals surface area contributed by atoms with Crippen LogP contribution in [0.4, 0.5) is 5.69 Å². The van der Waals surface area contributed by atoms with E-state index in [1.54, 1.807) is 23.0 Å². The second kappa shape index (κ2) is 8.27. The van der Waals surface area contributed by atoms with Gasteiger partial charge in [0.05, 0.1) is 35.4 Å². The Morgan fingerprint density at radius 1 is 1.22 bits per heavy atom. The molecule has 0 bridgehead atoms. The highest BCUT2D eigenvalue weighted by molar-refractivity contribution is 6.30. The fraction of sp³-hybridized carbons (Fsp3) is 0.238. The molecule has 0 aliphatic carbocycles. The van der Waals surface area contributed by atoms with E-state index in [2.05, 4.69) is 10.4 Å². The average molecular weight is 384 g/mol. The first kappa shape index (κ1) is 19.0. The molecule has 1 aromatic heterocycles. The predicted octanol–water partition coefficient (Wildman–Crippen LogP) is 5.18. The smallest absolute Gasteiger partial charge is 0.259 e. The number of amides is 1. The molecule has 1 heterocycles. The average Bonchev–Trinajstić information content (AvgIpc) is 3.03. The van der Waals surface area contributed by atoms with Crippen LogP contribution in [0.1, 0.15) is 35.0 Å². The molecular weight excluding hydrogens is 362 g/mol. The number of aryl methyl sites for hydroxylation is 1. The highest BCUT2D eigenvalue weighted by Gasteiger charge is 2.17. The number of benzene rings is 2. The maximum atomic E-state index is 12.8. The van der Waals surface area contributed by atoms with Crippen molar-refractivity contribution in [3.05, 3.63) is 70.5 Å². The second-order valence-corrected chi connectivity index (χ2v) is 6.77. The lowest BCUT2D eigenvalue weighted by Gasteiger charge is -2.13. The van der Waals surface area contributed by atoms with Crippen molar-refractivity contribution in [2.45, 2.75) is 27.2 Å². The van der Waals surface area contributed by atoms with Gasteiger partial charge in [-0.2, -0.15) is 5.10 Å². The second-order valence-electron chi connectivity index (χ2n) is 6.34. The van der Waals surface area contributed by atoms with Crippen molar-refractivity contribution in [2.75, 3.05) is 11.9 Å². The molecule has 0 spiro atoms. The molecule has 0 saturated heterocycles. The summed E-state index contributed by atoms with van der Waals surface area (Å²) in [5.74, 6) is 0.441. The predicted molar refractivity (Wildman–Crippen MR) is 108 cm³/mol. The van der Waals surface area contributed by atoms with Gasteiger partial charge in [0.25, 0.3) is 5.91 Å². The van der Waals surface area contributed by atoms with E-state index in [4.69, 9.17) is 16.3 Å². The van der Waals surface area contributed by atoms with Gasteiger partial charge in [0.15, 0.2) is 0 Å². The summed E-state index contributed by atoms with van der Waals surface area (Å²) < 4.78 is 7.47. The van der Waals surface area contributed by atoms with Gasteiger partial charge in [-0.3, -0.25) is 4.79 Å². The molecule has 140 valence electrons. The van der Waals surface area contributed by atoms with Crippen LogP contribution < -0.4 is 10.1 Å². The van der Waals surface area contributed by atoms with Crippen LogP contribution in [0.15, 0.2) is 48.7 Å². The molecule has 0 aliphatic heterocycles. The van der Waals surface area contributed by atoms with Crippen LogP contribution in [0.2, 0.25) is 5.02 Å². The first-order valence-electron chi connectivity index (χ1n) is 8.85. The molecule has 27 heavy (non-hydrogen) atoms. The van der Waals surface area contributed by atoms with E-state index in [1.165, 1.54) is 0 Å². The summed E-state index contributed by atoms with van der Waals surface area (Å²) in [7, 11) is 0. The third-order valence-corrected chi connectivity index (χ3v) is 4.39. The van der Waals surface area contributed by atoms with E-state index < -0.39 is 0 Å². The molecule has 0 unspecified atom stereocenters. The molecule has 2 aromatic carbocycles. The van der Waals surface area contributed by atoms with Gasteiger partial charge in [-0.15, -0.1) is 0 Å². The number of nitrogens with zero attached hydrogens (tertiary/aromatic N) is 2. The maximum absolute atomic E-state index is 12.8.